The Hall–Kier alpha value is -1.02. The lowest BCUT2D eigenvalue weighted by Crippen LogP contribution is -2.08. The molecule has 0 spiro atoms. The zero-order valence-corrected chi connectivity index (χ0v) is 7.45. The van der Waals surface area contributed by atoms with Crippen molar-refractivity contribution in [1.29, 1.82) is 0 Å². The second-order valence-electron chi connectivity index (χ2n) is 3.10. The Balaban J connectivity index is 2.71. The molecule has 0 saturated heterocycles. The molecule has 0 saturated carbocycles. The SMILES string of the molecule is C=C(C)[C@H](C)[C@@H](O)c1ccco1. The van der Waals surface area contributed by atoms with Crippen LogP contribution in [0.5, 0.6) is 0 Å². The van der Waals surface area contributed by atoms with E-state index in [0.29, 0.717) is 5.76 Å². The van der Waals surface area contributed by atoms with Gasteiger partial charge in [-0.15, -0.1) is 0 Å². The summed E-state index contributed by atoms with van der Waals surface area (Å²) in [4.78, 5) is 0. The molecule has 0 radical (unpaired) electrons. The van der Waals surface area contributed by atoms with Crippen LogP contribution in [-0.4, -0.2) is 5.11 Å². The van der Waals surface area contributed by atoms with Crippen molar-refractivity contribution in [1.82, 2.24) is 0 Å². The van der Waals surface area contributed by atoms with Crippen LogP contribution in [0.1, 0.15) is 25.7 Å². The molecule has 0 fully saturated rings. The first kappa shape index (κ1) is 9.07. The van der Waals surface area contributed by atoms with Crippen LogP contribution in [0.25, 0.3) is 0 Å². The van der Waals surface area contributed by atoms with E-state index in [1.807, 2.05) is 13.8 Å². The van der Waals surface area contributed by atoms with Gasteiger partial charge in [-0.1, -0.05) is 19.1 Å². The summed E-state index contributed by atoms with van der Waals surface area (Å²) in [7, 11) is 0. The van der Waals surface area contributed by atoms with E-state index in [1.54, 1.807) is 18.4 Å². The molecule has 0 unspecified atom stereocenters. The number of hydrogen-bond donors (Lipinski definition) is 1. The number of rotatable bonds is 3. The van der Waals surface area contributed by atoms with Crippen LogP contribution in [0.3, 0.4) is 0 Å². The van der Waals surface area contributed by atoms with Gasteiger partial charge in [0.05, 0.1) is 6.26 Å². The van der Waals surface area contributed by atoms with Crippen LogP contribution in [0.15, 0.2) is 35.0 Å². The number of aliphatic hydroxyl groups excluding tert-OH is 1. The average Bonchev–Trinajstić information content (AvgIpc) is 2.53. The highest BCUT2D eigenvalue weighted by molar-refractivity contribution is 5.08. The Labute approximate surface area is 72.5 Å². The minimum atomic E-state index is -0.572. The third-order valence-corrected chi connectivity index (χ3v) is 2.09. The average molecular weight is 166 g/mol. The van der Waals surface area contributed by atoms with Crippen LogP contribution in [0.4, 0.5) is 0 Å². The minimum absolute atomic E-state index is 0.0381. The molecule has 0 aliphatic heterocycles. The van der Waals surface area contributed by atoms with E-state index in [0.717, 1.165) is 5.57 Å². The van der Waals surface area contributed by atoms with Crippen LogP contribution in [-0.2, 0) is 0 Å². The normalized spacial score (nSPS) is 15.6. The summed E-state index contributed by atoms with van der Waals surface area (Å²) >= 11 is 0. The summed E-state index contributed by atoms with van der Waals surface area (Å²) in [5.74, 6) is 0.640. The standard InChI is InChI=1S/C10H14O2/c1-7(2)8(3)10(11)9-5-4-6-12-9/h4-6,8,10-11H,1H2,2-3H3/t8-,10+/m0/s1. The molecule has 2 nitrogen and oxygen atoms in total. The predicted octanol–water partition coefficient (Wildman–Crippen LogP) is 2.53. The second kappa shape index (κ2) is 3.59. The Kier molecular flexibility index (Phi) is 2.71. The highest BCUT2D eigenvalue weighted by Crippen LogP contribution is 2.26. The summed E-state index contributed by atoms with van der Waals surface area (Å²) in [5, 5.41) is 9.69. The molecule has 1 heterocycles. The highest BCUT2D eigenvalue weighted by atomic mass is 16.4. The number of furan rings is 1. The molecule has 1 aromatic heterocycles. The quantitative estimate of drug-likeness (QED) is 0.700. The molecule has 2 atom stereocenters. The van der Waals surface area contributed by atoms with Gasteiger partial charge in [-0.05, 0) is 19.1 Å². The molecule has 0 aliphatic carbocycles. The first-order valence-electron chi connectivity index (χ1n) is 3.99. The van der Waals surface area contributed by atoms with Crippen molar-refractivity contribution in [3.05, 3.63) is 36.3 Å². The van der Waals surface area contributed by atoms with Crippen molar-refractivity contribution in [2.45, 2.75) is 20.0 Å². The molecule has 0 aliphatic rings. The highest BCUT2D eigenvalue weighted by Gasteiger charge is 2.18. The van der Waals surface area contributed by atoms with Gasteiger partial charge in [0.15, 0.2) is 0 Å². The Morgan fingerprint density at radius 3 is 2.75 bits per heavy atom. The monoisotopic (exact) mass is 166 g/mol. The molecule has 0 amide bonds. The molecule has 1 rings (SSSR count). The van der Waals surface area contributed by atoms with Gasteiger partial charge in [0.25, 0.3) is 0 Å². The van der Waals surface area contributed by atoms with Gasteiger partial charge in [0.2, 0.25) is 0 Å². The summed E-state index contributed by atoms with van der Waals surface area (Å²) in [6, 6.07) is 3.54. The molecular weight excluding hydrogens is 152 g/mol. The smallest absolute Gasteiger partial charge is 0.132 e. The van der Waals surface area contributed by atoms with E-state index in [9.17, 15) is 5.11 Å². The van der Waals surface area contributed by atoms with Crippen LogP contribution in [0, 0.1) is 5.92 Å². The fraction of sp³-hybridized carbons (Fsp3) is 0.400. The van der Waals surface area contributed by atoms with Crippen molar-refractivity contribution < 1.29 is 9.52 Å². The van der Waals surface area contributed by atoms with E-state index in [-0.39, 0.29) is 5.92 Å². The van der Waals surface area contributed by atoms with E-state index < -0.39 is 6.10 Å². The first-order chi connectivity index (χ1) is 5.63. The van der Waals surface area contributed by atoms with Gasteiger partial charge in [-0.25, -0.2) is 0 Å². The predicted molar refractivity (Wildman–Crippen MR) is 47.6 cm³/mol. The lowest BCUT2D eigenvalue weighted by atomic mass is 9.96. The second-order valence-corrected chi connectivity index (χ2v) is 3.10. The van der Waals surface area contributed by atoms with E-state index in [1.165, 1.54) is 0 Å². The summed E-state index contributed by atoms with van der Waals surface area (Å²) in [6.07, 6.45) is 0.987. The fourth-order valence-electron chi connectivity index (χ4n) is 0.975. The lowest BCUT2D eigenvalue weighted by Gasteiger charge is -2.16. The third kappa shape index (κ3) is 1.77. The maximum atomic E-state index is 9.69. The van der Waals surface area contributed by atoms with Crippen LogP contribution in [0.2, 0.25) is 0 Å². The van der Waals surface area contributed by atoms with Crippen molar-refractivity contribution in [2.24, 2.45) is 5.92 Å². The maximum absolute atomic E-state index is 9.69. The number of aliphatic hydroxyl groups is 1. The fourth-order valence-corrected chi connectivity index (χ4v) is 0.975. The first-order valence-corrected chi connectivity index (χ1v) is 3.99. The van der Waals surface area contributed by atoms with Gasteiger partial charge in [0, 0.05) is 5.92 Å². The summed E-state index contributed by atoms with van der Waals surface area (Å²) < 4.78 is 5.08. The molecular formula is C10H14O2. The van der Waals surface area contributed by atoms with Crippen molar-refractivity contribution in [2.75, 3.05) is 0 Å². The van der Waals surface area contributed by atoms with E-state index in [4.69, 9.17) is 4.42 Å². The summed E-state index contributed by atoms with van der Waals surface area (Å²) in [5.41, 5.74) is 0.957. The summed E-state index contributed by atoms with van der Waals surface area (Å²) in [6.45, 7) is 7.61. The van der Waals surface area contributed by atoms with Gasteiger partial charge in [-0.2, -0.15) is 0 Å². The van der Waals surface area contributed by atoms with Gasteiger partial charge < -0.3 is 9.52 Å². The van der Waals surface area contributed by atoms with Gasteiger partial charge in [-0.3, -0.25) is 0 Å². The topological polar surface area (TPSA) is 33.4 Å². The zero-order valence-electron chi connectivity index (χ0n) is 7.45. The third-order valence-electron chi connectivity index (χ3n) is 2.09. The van der Waals surface area contributed by atoms with Crippen LogP contribution >= 0.6 is 0 Å². The minimum Gasteiger partial charge on any atom is -0.467 e. The van der Waals surface area contributed by atoms with Crippen molar-refractivity contribution in [3.8, 4) is 0 Å². The Bertz CT molecular complexity index is 249. The van der Waals surface area contributed by atoms with Crippen LogP contribution < -0.4 is 0 Å². The van der Waals surface area contributed by atoms with Gasteiger partial charge in [0.1, 0.15) is 11.9 Å². The maximum Gasteiger partial charge on any atom is 0.132 e. The lowest BCUT2D eigenvalue weighted by molar-refractivity contribution is 0.110. The van der Waals surface area contributed by atoms with Crippen molar-refractivity contribution in [3.63, 3.8) is 0 Å². The van der Waals surface area contributed by atoms with E-state index in [2.05, 4.69) is 6.58 Å². The molecule has 0 aromatic carbocycles. The number of hydrogen-bond acceptors (Lipinski definition) is 2. The van der Waals surface area contributed by atoms with E-state index >= 15 is 0 Å². The molecule has 1 aromatic rings. The molecule has 0 bridgehead atoms. The largest absolute Gasteiger partial charge is 0.467 e. The molecule has 1 N–H and O–H groups in total. The van der Waals surface area contributed by atoms with Gasteiger partial charge >= 0.3 is 0 Å². The Morgan fingerprint density at radius 1 is 1.67 bits per heavy atom. The Morgan fingerprint density at radius 2 is 2.33 bits per heavy atom. The zero-order chi connectivity index (χ0) is 9.14. The molecule has 12 heavy (non-hydrogen) atoms. The van der Waals surface area contributed by atoms with Crippen molar-refractivity contribution >= 4 is 0 Å². The molecule has 2 heteroatoms. The molecule has 66 valence electrons.